The van der Waals surface area contributed by atoms with Crippen LogP contribution in [0, 0.1) is 0 Å². The molecule has 1 atom stereocenters. The Labute approximate surface area is 139 Å². The van der Waals surface area contributed by atoms with Crippen LogP contribution in [0.3, 0.4) is 0 Å². The molecule has 0 fully saturated rings. The Morgan fingerprint density at radius 1 is 1.22 bits per heavy atom. The lowest BCUT2D eigenvalue weighted by molar-refractivity contribution is 0.0502. The van der Waals surface area contributed by atoms with Crippen LogP contribution in [0.25, 0.3) is 0 Å². The van der Waals surface area contributed by atoms with Gasteiger partial charge < -0.3 is 20.1 Å². The lowest BCUT2D eigenvalue weighted by Crippen LogP contribution is -2.43. The second kappa shape index (κ2) is 9.40. The maximum atomic E-state index is 11.8. The van der Waals surface area contributed by atoms with E-state index in [1.165, 1.54) is 0 Å². The molecule has 1 rings (SSSR count). The maximum Gasteiger partial charge on any atom is 0.407 e. The number of ether oxygens (including phenoxy) is 2. The molecule has 0 heterocycles. The molecule has 0 saturated carbocycles. The molecule has 1 amide bonds. The molecule has 130 valence electrons. The summed E-state index contributed by atoms with van der Waals surface area (Å²) in [6.07, 6.45) is 0.458. The molecule has 1 unspecified atom stereocenters. The van der Waals surface area contributed by atoms with Gasteiger partial charge in [0.05, 0.1) is 6.61 Å². The molecule has 1 aromatic rings. The van der Waals surface area contributed by atoms with Crippen molar-refractivity contribution in [1.29, 1.82) is 0 Å². The standard InChI is InChI=1S/C18H30N2O3/c1-6-15(20-17(21)23-18(3,4)5)13-19-12-14-10-8-9-11-16(14)22-7-2/h8-11,15,19H,6-7,12-13H2,1-5H3,(H,20,21). The minimum atomic E-state index is -0.480. The smallest absolute Gasteiger partial charge is 0.407 e. The Bertz CT molecular complexity index is 483. The van der Waals surface area contributed by atoms with Gasteiger partial charge in [0.2, 0.25) is 0 Å². The van der Waals surface area contributed by atoms with E-state index in [-0.39, 0.29) is 12.1 Å². The highest BCUT2D eigenvalue weighted by Crippen LogP contribution is 2.17. The first kappa shape index (κ1) is 19.3. The summed E-state index contributed by atoms with van der Waals surface area (Å²) in [6, 6.07) is 8.00. The number of benzene rings is 1. The minimum Gasteiger partial charge on any atom is -0.494 e. The number of carbonyl (C=O) groups excluding carboxylic acids is 1. The van der Waals surface area contributed by atoms with Crippen LogP contribution in [0.5, 0.6) is 5.75 Å². The largest absolute Gasteiger partial charge is 0.494 e. The Morgan fingerprint density at radius 3 is 2.52 bits per heavy atom. The van der Waals surface area contributed by atoms with Crippen LogP contribution < -0.4 is 15.4 Å². The summed E-state index contributed by atoms with van der Waals surface area (Å²) in [4.78, 5) is 11.8. The van der Waals surface area contributed by atoms with Crippen molar-refractivity contribution < 1.29 is 14.3 Å². The highest BCUT2D eigenvalue weighted by atomic mass is 16.6. The number of hydrogen-bond acceptors (Lipinski definition) is 4. The van der Waals surface area contributed by atoms with Crippen molar-refractivity contribution in [2.75, 3.05) is 13.2 Å². The monoisotopic (exact) mass is 322 g/mol. The average molecular weight is 322 g/mol. The van der Waals surface area contributed by atoms with Gasteiger partial charge in [-0.3, -0.25) is 0 Å². The van der Waals surface area contributed by atoms with E-state index in [4.69, 9.17) is 9.47 Å². The number of carbonyl (C=O) groups is 1. The van der Waals surface area contributed by atoms with Gasteiger partial charge in [-0.1, -0.05) is 25.1 Å². The molecular formula is C18H30N2O3. The molecule has 0 aliphatic heterocycles. The third-order valence-corrected chi connectivity index (χ3v) is 3.19. The molecule has 23 heavy (non-hydrogen) atoms. The molecule has 0 aromatic heterocycles. The molecule has 0 aliphatic rings. The highest BCUT2D eigenvalue weighted by molar-refractivity contribution is 5.68. The highest BCUT2D eigenvalue weighted by Gasteiger charge is 2.18. The van der Waals surface area contributed by atoms with E-state index < -0.39 is 5.60 Å². The fourth-order valence-electron chi connectivity index (χ4n) is 2.10. The molecule has 0 radical (unpaired) electrons. The van der Waals surface area contributed by atoms with Crippen molar-refractivity contribution in [3.8, 4) is 5.75 Å². The summed E-state index contributed by atoms with van der Waals surface area (Å²) in [6.45, 7) is 11.6. The van der Waals surface area contributed by atoms with Gasteiger partial charge in [0.15, 0.2) is 0 Å². The Balaban J connectivity index is 2.45. The minimum absolute atomic E-state index is 0.0316. The normalized spacial score (nSPS) is 12.6. The van der Waals surface area contributed by atoms with Crippen LogP contribution in [0.15, 0.2) is 24.3 Å². The number of rotatable bonds is 8. The zero-order valence-corrected chi connectivity index (χ0v) is 14.9. The van der Waals surface area contributed by atoms with Gasteiger partial charge in [-0.2, -0.15) is 0 Å². The van der Waals surface area contributed by atoms with Gasteiger partial charge in [0.1, 0.15) is 11.4 Å². The second-order valence-electron chi connectivity index (χ2n) is 6.42. The Kier molecular flexibility index (Phi) is 7.89. The molecule has 0 aliphatic carbocycles. The predicted octanol–water partition coefficient (Wildman–Crippen LogP) is 3.48. The van der Waals surface area contributed by atoms with Crippen molar-refractivity contribution >= 4 is 6.09 Å². The average Bonchev–Trinajstić information content (AvgIpc) is 2.46. The summed E-state index contributed by atoms with van der Waals surface area (Å²) in [5.41, 5.74) is 0.633. The lowest BCUT2D eigenvalue weighted by Gasteiger charge is -2.23. The third-order valence-electron chi connectivity index (χ3n) is 3.19. The van der Waals surface area contributed by atoms with E-state index in [0.717, 1.165) is 17.7 Å². The van der Waals surface area contributed by atoms with Gasteiger partial charge >= 0.3 is 6.09 Å². The summed E-state index contributed by atoms with van der Waals surface area (Å²) < 4.78 is 10.9. The lowest BCUT2D eigenvalue weighted by atomic mass is 10.2. The van der Waals surface area contributed by atoms with Crippen molar-refractivity contribution in [1.82, 2.24) is 10.6 Å². The first-order valence-electron chi connectivity index (χ1n) is 8.26. The third kappa shape index (κ3) is 7.88. The van der Waals surface area contributed by atoms with Crippen LogP contribution in [0.4, 0.5) is 4.79 Å². The van der Waals surface area contributed by atoms with E-state index in [1.54, 1.807) is 0 Å². The van der Waals surface area contributed by atoms with Gasteiger partial charge in [-0.25, -0.2) is 4.79 Å². The summed E-state index contributed by atoms with van der Waals surface area (Å²) in [7, 11) is 0. The second-order valence-corrected chi connectivity index (χ2v) is 6.42. The van der Waals surface area contributed by atoms with E-state index in [9.17, 15) is 4.79 Å². The van der Waals surface area contributed by atoms with E-state index in [1.807, 2.05) is 58.9 Å². The van der Waals surface area contributed by atoms with Gasteiger partial charge in [0.25, 0.3) is 0 Å². The summed E-state index contributed by atoms with van der Waals surface area (Å²) in [5.74, 6) is 0.899. The predicted molar refractivity (Wildman–Crippen MR) is 92.8 cm³/mol. The van der Waals surface area contributed by atoms with Crippen molar-refractivity contribution in [2.45, 2.75) is 59.2 Å². The molecule has 5 heteroatoms. The quantitative estimate of drug-likeness (QED) is 0.769. The number of hydrogen-bond donors (Lipinski definition) is 2. The van der Waals surface area contributed by atoms with Gasteiger partial charge in [0, 0.05) is 24.7 Å². The van der Waals surface area contributed by atoms with Crippen molar-refractivity contribution in [2.24, 2.45) is 0 Å². The van der Waals surface area contributed by atoms with Crippen molar-refractivity contribution in [3.63, 3.8) is 0 Å². The molecule has 5 nitrogen and oxygen atoms in total. The van der Waals surface area contributed by atoms with Crippen LogP contribution in [0.2, 0.25) is 0 Å². The topological polar surface area (TPSA) is 59.6 Å². The van der Waals surface area contributed by atoms with Crippen molar-refractivity contribution in [3.05, 3.63) is 29.8 Å². The number of para-hydroxylation sites is 1. The van der Waals surface area contributed by atoms with Gasteiger partial charge in [-0.15, -0.1) is 0 Å². The molecule has 0 saturated heterocycles. The maximum absolute atomic E-state index is 11.8. The van der Waals surface area contributed by atoms with E-state index in [2.05, 4.69) is 10.6 Å². The number of nitrogens with one attached hydrogen (secondary N) is 2. The first-order chi connectivity index (χ1) is 10.9. The molecule has 2 N–H and O–H groups in total. The van der Waals surface area contributed by atoms with Crippen LogP contribution in [-0.4, -0.2) is 30.9 Å². The zero-order chi connectivity index (χ0) is 17.3. The summed E-state index contributed by atoms with van der Waals surface area (Å²) in [5, 5.41) is 6.26. The fourth-order valence-corrected chi connectivity index (χ4v) is 2.10. The van der Waals surface area contributed by atoms with Gasteiger partial charge in [-0.05, 0) is 40.2 Å². The SMILES string of the molecule is CCOc1ccccc1CNCC(CC)NC(=O)OC(C)(C)C. The molecule has 0 spiro atoms. The summed E-state index contributed by atoms with van der Waals surface area (Å²) >= 11 is 0. The van der Waals surface area contributed by atoms with Crippen LogP contribution >= 0.6 is 0 Å². The first-order valence-corrected chi connectivity index (χ1v) is 8.26. The molecule has 0 bridgehead atoms. The Hall–Kier alpha value is -1.75. The zero-order valence-electron chi connectivity index (χ0n) is 14.9. The molecular weight excluding hydrogens is 292 g/mol. The van der Waals surface area contributed by atoms with Crippen LogP contribution in [0.1, 0.15) is 46.6 Å². The number of alkyl carbamates (subject to hydrolysis) is 1. The number of amides is 1. The van der Waals surface area contributed by atoms with Crippen LogP contribution in [-0.2, 0) is 11.3 Å². The Morgan fingerprint density at radius 2 is 1.91 bits per heavy atom. The van der Waals surface area contributed by atoms with E-state index in [0.29, 0.717) is 19.7 Å². The van der Waals surface area contributed by atoms with E-state index >= 15 is 0 Å². The fraction of sp³-hybridized carbons (Fsp3) is 0.611. The molecule has 1 aromatic carbocycles.